The molecule has 3 aromatic rings. The van der Waals surface area contributed by atoms with E-state index in [0.717, 1.165) is 16.5 Å². The van der Waals surface area contributed by atoms with Crippen molar-refractivity contribution in [3.8, 4) is 5.75 Å². The van der Waals surface area contributed by atoms with Crippen LogP contribution in [0.25, 0.3) is 11.0 Å². The largest absolute Gasteiger partial charge is 0.445 e. The average Bonchev–Trinajstić information content (AvgIpc) is 2.72. The lowest BCUT2D eigenvalue weighted by atomic mass is 10.1. The third-order valence-corrected chi connectivity index (χ3v) is 4.51. The highest BCUT2D eigenvalue weighted by Crippen LogP contribution is 2.22. The second-order valence-electron chi connectivity index (χ2n) is 6.87. The fraction of sp³-hybridized carbons (Fsp3) is 0.261. The molecule has 156 valence electrons. The van der Waals surface area contributed by atoms with E-state index in [1.54, 1.807) is 19.1 Å². The number of hydrogen-bond donors (Lipinski definition) is 1. The summed E-state index contributed by atoms with van der Waals surface area (Å²) in [5.74, 6) is -0.398. The van der Waals surface area contributed by atoms with Gasteiger partial charge >= 0.3 is 17.7 Å². The number of hydrogen-bond acceptors (Lipinski definition) is 6. The van der Waals surface area contributed by atoms with Crippen LogP contribution in [0.2, 0.25) is 0 Å². The maximum Gasteiger partial charge on any atom is 0.408 e. The van der Waals surface area contributed by atoms with E-state index in [-0.39, 0.29) is 12.4 Å². The lowest BCUT2D eigenvalue weighted by Crippen LogP contribution is -2.43. The van der Waals surface area contributed by atoms with E-state index in [9.17, 15) is 14.4 Å². The van der Waals surface area contributed by atoms with E-state index < -0.39 is 23.7 Å². The van der Waals surface area contributed by atoms with Gasteiger partial charge in [0.15, 0.2) is 0 Å². The number of fused-ring (bicyclic) bond motifs is 1. The van der Waals surface area contributed by atoms with E-state index in [0.29, 0.717) is 18.4 Å². The van der Waals surface area contributed by atoms with Gasteiger partial charge in [-0.3, -0.25) is 0 Å². The third kappa shape index (κ3) is 5.47. The molecule has 30 heavy (non-hydrogen) atoms. The highest BCUT2D eigenvalue weighted by Gasteiger charge is 2.23. The molecule has 2 aromatic carbocycles. The molecule has 0 fully saturated rings. The number of amides is 1. The molecule has 1 aromatic heterocycles. The fourth-order valence-electron chi connectivity index (χ4n) is 3.00. The summed E-state index contributed by atoms with van der Waals surface area (Å²) in [4.78, 5) is 36.3. The van der Waals surface area contributed by atoms with Crippen LogP contribution in [0.5, 0.6) is 5.75 Å². The Hall–Kier alpha value is -3.61. The van der Waals surface area contributed by atoms with Crippen LogP contribution in [-0.2, 0) is 16.1 Å². The number of rotatable bonds is 7. The summed E-state index contributed by atoms with van der Waals surface area (Å²) in [5.41, 5.74) is 1.46. The van der Waals surface area contributed by atoms with Crippen molar-refractivity contribution in [2.75, 3.05) is 0 Å². The SMILES string of the molecule is CCC[C@@H](NC(=O)OCc1ccccc1)C(=O)Oc1ccc2c(C)cc(=O)oc2c1. The zero-order valence-corrected chi connectivity index (χ0v) is 16.8. The smallest absolute Gasteiger partial charge is 0.408 e. The summed E-state index contributed by atoms with van der Waals surface area (Å²) in [6.45, 7) is 3.79. The van der Waals surface area contributed by atoms with Crippen LogP contribution >= 0.6 is 0 Å². The Bertz CT molecular complexity index is 1090. The zero-order valence-electron chi connectivity index (χ0n) is 16.8. The second-order valence-corrected chi connectivity index (χ2v) is 6.87. The number of alkyl carbamates (subject to hydrolysis) is 1. The first-order valence-electron chi connectivity index (χ1n) is 9.69. The van der Waals surface area contributed by atoms with Crippen molar-refractivity contribution in [3.63, 3.8) is 0 Å². The summed E-state index contributed by atoms with van der Waals surface area (Å²) in [7, 11) is 0. The quantitative estimate of drug-likeness (QED) is 0.359. The molecule has 7 heteroatoms. The Labute approximate surface area is 173 Å². The van der Waals surface area contributed by atoms with Gasteiger partial charge in [0.05, 0.1) is 0 Å². The lowest BCUT2D eigenvalue weighted by Gasteiger charge is -2.17. The molecule has 0 bridgehead atoms. The Morgan fingerprint density at radius 3 is 2.60 bits per heavy atom. The van der Waals surface area contributed by atoms with Gasteiger partial charge in [-0.2, -0.15) is 0 Å². The number of ether oxygens (including phenoxy) is 2. The Morgan fingerprint density at radius 2 is 1.87 bits per heavy atom. The molecule has 1 amide bonds. The van der Waals surface area contributed by atoms with Crippen molar-refractivity contribution >= 4 is 23.0 Å². The van der Waals surface area contributed by atoms with Crippen molar-refractivity contribution in [1.29, 1.82) is 0 Å². The molecule has 3 rings (SSSR count). The molecule has 0 aliphatic rings. The van der Waals surface area contributed by atoms with Gasteiger partial charge in [-0.15, -0.1) is 0 Å². The van der Waals surface area contributed by atoms with Crippen molar-refractivity contribution in [2.24, 2.45) is 0 Å². The van der Waals surface area contributed by atoms with Crippen LogP contribution in [0.1, 0.15) is 30.9 Å². The minimum Gasteiger partial charge on any atom is -0.445 e. The van der Waals surface area contributed by atoms with E-state index in [4.69, 9.17) is 13.9 Å². The van der Waals surface area contributed by atoms with Crippen LogP contribution in [0, 0.1) is 6.92 Å². The topological polar surface area (TPSA) is 94.8 Å². The summed E-state index contributed by atoms with van der Waals surface area (Å²) in [5, 5.41) is 3.31. The molecule has 0 saturated carbocycles. The molecule has 0 aliphatic heterocycles. The van der Waals surface area contributed by atoms with Gasteiger partial charge in [-0.05, 0) is 36.6 Å². The van der Waals surface area contributed by atoms with Crippen LogP contribution < -0.4 is 15.7 Å². The molecule has 0 spiro atoms. The first-order valence-corrected chi connectivity index (χ1v) is 9.69. The summed E-state index contributed by atoms with van der Waals surface area (Å²) in [6, 6.07) is 14.6. The first-order chi connectivity index (χ1) is 14.5. The summed E-state index contributed by atoms with van der Waals surface area (Å²) >= 11 is 0. The molecule has 0 unspecified atom stereocenters. The van der Waals surface area contributed by atoms with Crippen molar-refractivity contribution in [1.82, 2.24) is 5.32 Å². The van der Waals surface area contributed by atoms with Gasteiger partial charge in [0.1, 0.15) is 24.0 Å². The van der Waals surface area contributed by atoms with E-state index in [1.807, 2.05) is 37.3 Å². The molecule has 1 atom stereocenters. The number of carbonyl (C=O) groups excluding carboxylic acids is 2. The van der Waals surface area contributed by atoms with Gasteiger partial charge < -0.3 is 19.2 Å². The van der Waals surface area contributed by atoms with E-state index >= 15 is 0 Å². The third-order valence-electron chi connectivity index (χ3n) is 4.51. The summed E-state index contributed by atoms with van der Waals surface area (Å²) in [6.07, 6.45) is 0.348. The van der Waals surface area contributed by atoms with E-state index in [1.165, 1.54) is 12.1 Å². The molecule has 0 saturated heterocycles. The molecule has 7 nitrogen and oxygen atoms in total. The number of carbonyl (C=O) groups is 2. The predicted molar refractivity (Wildman–Crippen MR) is 111 cm³/mol. The van der Waals surface area contributed by atoms with Crippen LogP contribution in [0.3, 0.4) is 0 Å². The number of nitrogens with one attached hydrogen (secondary N) is 1. The zero-order chi connectivity index (χ0) is 21.5. The van der Waals surface area contributed by atoms with Gasteiger partial charge in [-0.1, -0.05) is 43.7 Å². The Morgan fingerprint density at radius 1 is 1.10 bits per heavy atom. The molecule has 0 radical (unpaired) electrons. The highest BCUT2D eigenvalue weighted by atomic mass is 16.6. The van der Waals surface area contributed by atoms with Gasteiger partial charge in [0.25, 0.3) is 0 Å². The van der Waals surface area contributed by atoms with Gasteiger partial charge in [0, 0.05) is 17.5 Å². The van der Waals surface area contributed by atoms with Crippen LogP contribution in [0.4, 0.5) is 4.79 Å². The second kappa shape index (κ2) is 9.73. The summed E-state index contributed by atoms with van der Waals surface area (Å²) < 4.78 is 15.8. The first kappa shape index (κ1) is 21.1. The number of benzene rings is 2. The van der Waals surface area contributed by atoms with Crippen molar-refractivity contribution in [2.45, 2.75) is 39.3 Å². The number of aryl methyl sites for hydroxylation is 1. The minimum absolute atomic E-state index is 0.101. The van der Waals surface area contributed by atoms with E-state index in [2.05, 4.69) is 5.32 Å². The number of esters is 1. The monoisotopic (exact) mass is 409 g/mol. The van der Waals surface area contributed by atoms with Crippen molar-refractivity contribution < 1.29 is 23.5 Å². The standard InChI is InChI=1S/C23H23NO6/c1-3-7-19(24-23(27)28-14-16-8-5-4-6-9-16)22(26)29-17-10-11-18-15(2)12-21(25)30-20(18)13-17/h4-6,8-13,19H,3,7,14H2,1-2H3,(H,24,27)/t19-/m1/s1. The highest BCUT2D eigenvalue weighted by molar-refractivity contribution is 5.85. The predicted octanol–water partition coefficient (Wildman–Crippen LogP) is 4.10. The molecule has 0 aliphatic carbocycles. The Kier molecular flexibility index (Phi) is 6.85. The average molecular weight is 409 g/mol. The lowest BCUT2D eigenvalue weighted by molar-refractivity contribution is -0.136. The maximum absolute atomic E-state index is 12.6. The maximum atomic E-state index is 12.6. The molecular weight excluding hydrogens is 386 g/mol. The fourth-order valence-corrected chi connectivity index (χ4v) is 3.00. The Balaban J connectivity index is 1.65. The van der Waals surface area contributed by atoms with Crippen LogP contribution in [0.15, 0.2) is 63.8 Å². The molecule has 1 N–H and O–H groups in total. The minimum atomic E-state index is -0.863. The normalized spacial score (nSPS) is 11.7. The van der Waals surface area contributed by atoms with Gasteiger partial charge in [-0.25, -0.2) is 14.4 Å². The van der Waals surface area contributed by atoms with Gasteiger partial charge in [0.2, 0.25) is 0 Å². The molecule has 1 heterocycles. The molecular formula is C23H23NO6. The van der Waals surface area contributed by atoms with Crippen molar-refractivity contribution in [3.05, 3.63) is 76.1 Å². The van der Waals surface area contributed by atoms with Crippen LogP contribution in [-0.4, -0.2) is 18.1 Å².